The molecule has 3 aliphatic heterocycles. The molecule has 1 saturated heterocycles. The van der Waals surface area contributed by atoms with E-state index in [0.29, 0.717) is 34.3 Å². The molecule has 1 fully saturated rings. The monoisotopic (exact) mass is 552 g/mol. The fourth-order valence-electron chi connectivity index (χ4n) is 4.78. The number of halogens is 1. The summed E-state index contributed by atoms with van der Waals surface area (Å²) in [5.41, 5.74) is 3.33. The zero-order valence-corrected chi connectivity index (χ0v) is 22.8. The van der Waals surface area contributed by atoms with Crippen LogP contribution in [0.1, 0.15) is 37.8 Å². The largest absolute Gasteiger partial charge is 0.497 e. The van der Waals surface area contributed by atoms with Crippen LogP contribution in [0.15, 0.2) is 75.9 Å². The predicted octanol–water partition coefficient (Wildman–Crippen LogP) is 5.25. The van der Waals surface area contributed by atoms with Gasteiger partial charge in [-0.2, -0.15) is 0 Å². The summed E-state index contributed by atoms with van der Waals surface area (Å²) >= 11 is 7.82. The van der Waals surface area contributed by atoms with Gasteiger partial charge in [-0.15, -0.1) is 0 Å². The second kappa shape index (κ2) is 11.6. The molecule has 2 amide bonds. The van der Waals surface area contributed by atoms with Crippen LogP contribution in [0.4, 0.5) is 5.69 Å². The number of carbonyl (C=O) groups excluding carboxylic acids is 2. The summed E-state index contributed by atoms with van der Waals surface area (Å²) in [6.07, 6.45) is 2.19. The van der Waals surface area contributed by atoms with Gasteiger partial charge in [0.1, 0.15) is 5.75 Å². The summed E-state index contributed by atoms with van der Waals surface area (Å²) in [7, 11) is 1.59. The Labute approximate surface area is 231 Å². The van der Waals surface area contributed by atoms with Crippen LogP contribution in [0.3, 0.4) is 0 Å². The third kappa shape index (κ3) is 5.75. The Morgan fingerprint density at radius 3 is 2.76 bits per heavy atom. The van der Waals surface area contributed by atoms with E-state index in [1.165, 1.54) is 11.8 Å². The molecule has 2 aromatic rings. The summed E-state index contributed by atoms with van der Waals surface area (Å²) in [5.74, 6) is 0.317. The molecule has 3 aliphatic rings. The Morgan fingerprint density at radius 1 is 1.24 bits per heavy atom. The molecule has 5 rings (SSSR count). The number of methoxy groups -OCH3 is 1. The first-order valence-corrected chi connectivity index (χ1v) is 13.7. The highest BCUT2D eigenvalue weighted by atomic mass is 35.5. The van der Waals surface area contributed by atoms with Gasteiger partial charge in [0.25, 0.3) is 5.91 Å². The highest BCUT2D eigenvalue weighted by molar-refractivity contribution is 8.16. The number of rotatable bonds is 8. The standard InChI is InChI=1S/C28H29ClN4O4S/c1-17-25(27(35)32-20-8-10-22(36-2)11-9-20)26(18-5-3-6-19(29)13-18)33-21(16-38-28(33)31-17)14-24(34)30-15-23-7-4-12-37-23/h3,5-6,8-11,13,16,23,26H,4,7,12,14-15H2,1-2H3,(H,30,34)(H,32,35)/t23-,26+/m1/s1. The minimum absolute atomic E-state index is 0.0658. The number of aliphatic imine (C=N–C) groups is 1. The summed E-state index contributed by atoms with van der Waals surface area (Å²) in [4.78, 5) is 33.3. The predicted molar refractivity (Wildman–Crippen MR) is 150 cm³/mol. The maximum Gasteiger partial charge on any atom is 0.255 e. The lowest BCUT2D eigenvalue weighted by Crippen LogP contribution is -2.39. The van der Waals surface area contributed by atoms with Crippen molar-refractivity contribution in [3.8, 4) is 5.75 Å². The molecule has 3 heterocycles. The van der Waals surface area contributed by atoms with Crippen LogP contribution in [0.2, 0.25) is 5.02 Å². The van der Waals surface area contributed by atoms with Crippen LogP contribution in [-0.2, 0) is 14.3 Å². The Hall–Kier alpha value is -3.27. The van der Waals surface area contributed by atoms with Crippen LogP contribution in [-0.4, -0.2) is 48.2 Å². The Balaban J connectivity index is 1.42. The Bertz CT molecular complexity index is 1320. The van der Waals surface area contributed by atoms with Gasteiger partial charge in [0, 0.05) is 29.6 Å². The highest BCUT2D eigenvalue weighted by Gasteiger charge is 2.40. The van der Waals surface area contributed by atoms with E-state index in [9.17, 15) is 9.59 Å². The minimum atomic E-state index is -0.508. The molecular weight excluding hydrogens is 524 g/mol. The SMILES string of the molecule is COc1ccc(NC(=O)C2=C(C)N=C3SC=C(CC(=O)NC[C@H]4CCCO4)N3[C@H]2c2cccc(Cl)c2)cc1. The number of amides is 2. The quantitative estimate of drug-likeness (QED) is 0.465. The third-order valence-corrected chi connectivity index (χ3v) is 7.77. The number of carbonyl (C=O) groups is 2. The molecular formula is C28H29ClN4O4S. The van der Waals surface area contributed by atoms with Gasteiger partial charge in [-0.25, -0.2) is 4.99 Å². The number of benzene rings is 2. The third-order valence-electron chi connectivity index (χ3n) is 6.65. The van der Waals surface area contributed by atoms with Crippen molar-refractivity contribution in [2.45, 2.75) is 38.3 Å². The molecule has 0 radical (unpaired) electrons. The van der Waals surface area contributed by atoms with E-state index >= 15 is 0 Å². The van der Waals surface area contributed by atoms with Gasteiger partial charge < -0.3 is 25.0 Å². The number of nitrogens with one attached hydrogen (secondary N) is 2. The summed E-state index contributed by atoms with van der Waals surface area (Å²) in [5, 5.41) is 9.20. The number of ether oxygens (including phenoxy) is 2. The molecule has 10 heteroatoms. The van der Waals surface area contributed by atoms with Crippen LogP contribution >= 0.6 is 23.4 Å². The highest BCUT2D eigenvalue weighted by Crippen LogP contribution is 2.45. The lowest BCUT2D eigenvalue weighted by Gasteiger charge is -2.36. The fraction of sp³-hybridized carbons (Fsp3) is 0.321. The number of anilines is 1. The number of nitrogens with zero attached hydrogens (tertiary/aromatic N) is 2. The first-order valence-electron chi connectivity index (χ1n) is 12.5. The number of hydrogen-bond donors (Lipinski definition) is 2. The Morgan fingerprint density at radius 2 is 2.05 bits per heavy atom. The zero-order chi connectivity index (χ0) is 26.6. The molecule has 38 heavy (non-hydrogen) atoms. The normalized spacial score (nSPS) is 20.6. The number of amidine groups is 1. The molecule has 0 spiro atoms. The summed E-state index contributed by atoms with van der Waals surface area (Å²) in [6.45, 7) is 3.06. The van der Waals surface area contributed by atoms with E-state index < -0.39 is 6.04 Å². The maximum atomic E-state index is 13.7. The Kier molecular flexibility index (Phi) is 8.06. The zero-order valence-electron chi connectivity index (χ0n) is 21.2. The van der Waals surface area contributed by atoms with E-state index in [4.69, 9.17) is 26.1 Å². The van der Waals surface area contributed by atoms with Gasteiger partial charge >= 0.3 is 0 Å². The van der Waals surface area contributed by atoms with Crippen molar-refractivity contribution in [2.24, 2.45) is 4.99 Å². The van der Waals surface area contributed by atoms with Crippen molar-refractivity contribution in [1.29, 1.82) is 0 Å². The lowest BCUT2D eigenvalue weighted by atomic mass is 9.93. The maximum absolute atomic E-state index is 13.7. The van der Waals surface area contributed by atoms with Crippen LogP contribution < -0.4 is 15.4 Å². The molecule has 0 unspecified atom stereocenters. The first kappa shape index (κ1) is 26.3. The van der Waals surface area contributed by atoms with E-state index in [-0.39, 0.29) is 24.3 Å². The van der Waals surface area contributed by atoms with E-state index in [1.807, 2.05) is 35.4 Å². The smallest absolute Gasteiger partial charge is 0.255 e. The van der Waals surface area contributed by atoms with Crippen molar-refractivity contribution in [3.63, 3.8) is 0 Å². The average Bonchev–Trinajstić information content (AvgIpc) is 3.57. The number of hydrogen-bond acceptors (Lipinski definition) is 7. The lowest BCUT2D eigenvalue weighted by molar-refractivity contribution is -0.121. The molecule has 0 saturated carbocycles. The van der Waals surface area contributed by atoms with Crippen LogP contribution in [0.25, 0.3) is 0 Å². The van der Waals surface area contributed by atoms with E-state index in [2.05, 4.69) is 10.6 Å². The molecule has 0 bridgehead atoms. The average molecular weight is 553 g/mol. The molecule has 0 aliphatic carbocycles. The van der Waals surface area contributed by atoms with Crippen LogP contribution in [0, 0.1) is 0 Å². The molecule has 198 valence electrons. The summed E-state index contributed by atoms with van der Waals surface area (Å²) < 4.78 is 10.8. The second-order valence-corrected chi connectivity index (χ2v) is 10.5. The van der Waals surface area contributed by atoms with Gasteiger partial charge in [0.15, 0.2) is 5.17 Å². The molecule has 8 nitrogen and oxygen atoms in total. The minimum Gasteiger partial charge on any atom is -0.497 e. The van der Waals surface area contributed by atoms with Gasteiger partial charge in [-0.3, -0.25) is 9.59 Å². The van der Waals surface area contributed by atoms with E-state index in [1.54, 1.807) is 37.4 Å². The van der Waals surface area contributed by atoms with Gasteiger partial charge in [-0.1, -0.05) is 35.5 Å². The van der Waals surface area contributed by atoms with E-state index in [0.717, 1.165) is 35.9 Å². The fourth-order valence-corrected chi connectivity index (χ4v) is 5.95. The van der Waals surface area contributed by atoms with Crippen molar-refractivity contribution in [3.05, 3.63) is 81.5 Å². The van der Waals surface area contributed by atoms with Crippen LogP contribution in [0.5, 0.6) is 5.75 Å². The van der Waals surface area contributed by atoms with Crippen molar-refractivity contribution < 1.29 is 19.1 Å². The number of thioether (sulfide) groups is 1. The van der Waals surface area contributed by atoms with Crippen molar-refractivity contribution >= 4 is 46.0 Å². The number of allylic oxidation sites excluding steroid dienone is 1. The van der Waals surface area contributed by atoms with Gasteiger partial charge in [0.2, 0.25) is 5.91 Å². The first-order chi connectivity index (χ1) is 18.4. The molecule has 2 atom stereocenters. The van der Waals surface area contributed by atoms with Crippen molar-refractivity contribution in [2.75, 3.05) is 25.6 Å². The molecule has 2 N–H and O–H groups in total. The molecule has 2 aromatic carbocycles. The number of fused-ring (bicyclic) bond motifs is 1. The van der Waals surface area contributed by atoms with Gasteiger partial charge in [-0.05, 0) is 67.1 Å². The topological polar surface area (TPSA) is 92.3 Å². The van der Waals surface area contributed by atoms with Crippen molar-refractivity contribution in [1.82, 2.24) is 10.2 Å². The summed E-state index contributed by atoms with van der Waals surface area (Å²) in [6, 6.07) is 14.1. The second-order valence-electron chi connectivity index (χ2n) is 9.25. The van der Waals surface area contributed by atoms with Gasteiger partial charge in [0.05, 0.1) is 36.9 Å². The molecule has 0 aromatic heterocycles.